The Hall–Kier alpha value is -4.12. The van der Waals surface area contributed by atoms with Crippen molar-refractivity contribution in [2.24, 2.45) is 0 Å². The predicted octanol–water partition coefficient (Wildman–Crippen LogP) is 1.47. The molecule has 5 nitrogen and oxygen atoms in total. The second-order valence-electron chi connectivity index (χ2n) is 8.15. The van der Waals surface area contributed by atoms with Crippen molar-refractivity contribution in [1.29, 1.82) is 0 Å². The number of aromatic nitrogens is 4. The van der Waals surface area contributed by atoms with Crippen LogP contribution in [0.5, 0.6) is 0 Å². The normalized spacial score (nSPS) is 14.9. The van der Waals surface area contributed by atoms with E-state index in [9.17, 15) is 0 Å². The molecule has 8 bridgehead atoms. The highest BCUT2D eigenvalue weighted by atomic mass is 15.1. The van der Waals surface area contributed by atoms with E-state index in [4.69, 9.17) is 0 Å². The van der Waals surface area contributed by atoms with Gasteiger partial charge in [0, 0.05) is 63.3 Å². The molecule has 152 valence electrons. The first-order valence-corrected chi connectivity index (χ1v) is 10.5. The smallest absolute Gasteiger partial charge is 0.0485 e. The summed E-state index contributed by atoms with van der Waals surface area (Å²) in [5.74, 6) is 0. The van der Waals surface area contributed by atoms with Crippen LogP contribution in [-0.2, 0) is 0 Å². The van der Waals surface area contributed by atoms with E-state index in [0.29, 0.717) is 0 Å². The monoisotopic (exact) mass is 405 g/mol. The van der Waals surface area contributed by atoms with Crippen molar-refractivity contribution < 1.29 is 0 Å². The Balaban J connectivity index is 1.59. The summed E-state index contributed by atoms with van der Waals surface area (Å²) in [6, 6.07) is 14.8. The molecule has 0 radical (unpaired) electrons. The van der Waals surface area contributed by atoms with Crippen LogP contribution >= 0.6 is 0 Å². The van der Waals surface area contributed by atoms with Crippen molar-refractivity contribution in [3.8, 4) is 0 Å². The minimum atomic E-state index is 0.908. The number of aromatic amines is 4. The summed E-state index contributed by atoms with van der Waals surface area (Å²) < 4.78 is 0. The molecule has 5 heteroatoms. The second kappa shape index (κ2) is 6.99. The van der Waals surface area contributed by atoms with E-state index in [-0.39, 0.29) is 0 Å². The summed E-state index contributed by atoms with van der Waals surface area (Å²) in [6.45, 7) is 0.908. The van der Waals surface area contributed by atoms with Gasteiger partial charge in [0.1, 0.15) is 0 Å². The Labute approximate surface area is 179 Å². The molecule has 4 aromatic heterocycles. The van der Waals surface area contributed by atoms with Crippen LogP contribution in [0.2, 0.25) is 0 Å². The summed E-state index contributed by atoms with van der Waals surface area (Å²) in [5.41, 5.74) is 6.72. The van der Waals surface area contributed by atoms with Crippen molar-refractivity contribution in [3.05, 3.63) is 111 Å². The number of nitrogens with one attached hydrogen (secondary N) is 4. The zero-order chi connectivity index (χ0) is 20.8. The summed E-state index contributed by atoms with van der Waals surface area (Å²) in [6.07, 6.45) is 15.1. The van der Waals surface area contributed by atoms with Crippen LogP contribution in [0.4, 0.5) is 0 Å². The second-order valence-corrected chi connectivity index (χ2v) is 8.15. The van der Waals surface area contributed by atoms with Gasteiger partial charge in [-0.2, -0.15) is 0 Å². The summed E-state index contributed by atoms with van der Waals surface area (Å²) in [7, 11) is 2.09. The van der Waals surface area contributed by atoms with E-state index in [2.05, 4.69) is 117 Å². The lowest BCUT2D eigenvalue weighted by Gasteiger charge is -2.17. The molecule has 31 heavy (non-hydrogen) atoms. The molecule has 4 aromatic rings. The first-order valence-electron chi connectivity index (χ1n) is 10.5. The van der Waals surface area contributed by atoms with Gasteiger partial charge in [0.15, 0.2) is 0 Å². The molecule has 6 rings (SSSR count). The lowest BCUT2D eigenvalue weighted by molar-refractivity contribution is 0.506. The van der Waals surface area contributed by atoms with E-state index in [0.717, 1.165) is 50.7 Å². The van der Waals surface area contributed by atoms with Crippen LogP contribution in [0.25, 0.3) is 29.9 Å². The van der Waals surface area contributed by atoms with E-state index in [1.807, 2.05) is 0 Å². The van der Waals surface area contributed by atoms with Crippen molar-refractivity contribution in [3.63, 3.8) is 0 Å². The molecular formula is C26H23N5. The Kier molecular flexibility index (Phi) is 3.99. The van der Waals surface area contributed by atoms with Gasteiger partial charge >= 0.3 is 0 Å². The average Bonchev–Trinajstić information content (AvgIpc) is 3.54. The molecule has 0 spiro atoms. The van der Waals surface area contributed by atoms with Gasteiger partial charge in [-0.15, -0.1) is 0 Å². The molecule has 0 aliphatic carbocycles. The maximum absolute atomic E-state index is 3.60. The summed E-state index contributed by atoms with van der Waals surface area (Å²) >= 11 is 0. The molecule has 4 N–H and O–H groups in total. The van der Waals surface area contributed by atoms with Gasteiger partial charge < -0.3 is 24.8 Å². The Morgan fingerprint density at radius 3 is 1.90 bits per heavy atom. The van der Waals surface area contributed by atoms with Crippen molar-refractivity contribution in [2.45, 2.75) is 0 Å². The first-order chi connectivity index (χ1) is 15.2. The zero-order valence-corrected chi connectivity index (χ0v) is 17.2. The molecule has 0 fully saturated rings. The topological polar surface area (TPSA) is 66.4 Å². The Morgan fingerprint density at radius 1 is 0.677 bits per heavy atom. The number of allylic oxidation sites excluding steroid dienone is 2. The lowest BCUT2D eigenvalue weighted by Crippen LogP contribution is -2.13. The third kappa shape index (κ3) is 3.51. The highest BCUT2D eigenvalue weighted by Gasteiger charge is 2.11. The van der Waals surface area contributed by atoms with Gasteiger partial charge in [-0.1, -0.05) is 6.08 Å². The fraction of sp³-hybridized carbons (Fsp3) is 0.0769. The molecule has 0 amide bonds. The van der Waals surface area contributed by atoms with Gasteiger partial charge in [-0.3, -0.25) is 0 Å². The molecule has 0 saturated carbocycles. The molecule has 0 unspecified atom stereocenters. The Bertz CT molecular complexity index is 1580. The van der Waals surface area contributed by atoms with Crippen molar-refractivity contribution in [2.75, 3.05) is 13.6 Å². The fourth-order valence-electron chi connectivity index (χ4n) is 4.15. The van der Waals surface area contributed by atoms with Gasteiger partial charge in [-0.05, 0) is 84.6 Å². The van der Waals surface area contributed by atoms with Gasteiger partial charge in [0.05, 0.1) is 0 Å². The van der Waals surface area contributed by atoms with Gasteiger partial charge in [-0.25, -0.2) is 0 Å². The van der Waals surface area contributed by atoms with Crippen LogP contribution in [0.1, 0.15) is 28.3 Å². The highest BCUT2D eigenvalue weighted by molar-refractivity contribution is 5.81. The molecule has 2 aliphatic rings. The number of H-pyrrole nitrogens is 4. The van der Waals surface area contributed by atoms with Crippen LogP contribution in [0.3, 0.4) is 0 Å². The van der Waals surface area contributed by atoms with Gasteiger partial charge in [0.2, 0.25) is 0 Å². The quantitative estimate of drug-likeness (QED) is 0.335. The molecular weight excluding hydrogens is 382 g/mol. The first kappa shape index (κ1) is 17.7. The molecule has 0 saturated heterocycles. The van der Waals surface area contributed by atoms with Gasteiger partial charge in [0.25, 0.3) is 0 Å². The number of likely N-dealkylation sites (N-methyl/N-ethyl adjacent to an activating group) is 1. The van der Waals surface area contributed by atoms with E-state index in [1.165, 1.54) is 11.1 Å². The minimum absolute atomic E-state index is 0.908. The van der Waals surface area contributed by atoms with E-state index >= 15 is 0 Å². The number of nitrogens with zero attached hydrogens (tertiary/aromatic N) is 1. The van der Waals surface area contributed by atoms with Crippen molar-refractivity contribution in [1.82, 2.24) is 24.8 Å². The molecule has 2 aliphatic heterocycles. The number of hydrogen-bond acceptors (Lipinski definition) is 1. The fourth-order valence-corrected chi connectivity index (χ4v) is 4.15. The third-order valence-electron chi connectivity index (χ3n) is 5.71. The summed E-state index contributed by atoms with van der Waals surface area (Å²) in [5, 5.41) is 4.25. The predicted molar refractivity (Wildman–Crippen MR) is 126 cm³/mol. The highest BCUT2D eigenvalue weighted by Crippen LogP contribution is 2.25. The van der Waals surface area contributed by atoms with Crippen LogP contribution in [0.15, 0.2) is 60.8 Å². The standard InChI is InChI=1S/C26H23N5/c1-31-10-8-17(9-11-31)25-15-24-14-22-5-4-20(28-22)12-18-2-3-19(27-18)13-21-6-7-23(29-21)16-26(25)30-24/h2-10,12-16,27-30H,11H2,1H3. The van der Waals surface area contributed by atoms with Crippen LogP contribution in [0, 0.1) is 0 Å². The molecule has 6 heterocycles. The van der Waals surface area contributed by atoms with Crippen molar-refractivity contribution >= 4 is 29.9 Å². The maximum Gasteiger partial charge on any atom is 0.0485 e. The number of rotatable bonds is 1. The Morgan fingerprint density at radius 2 is 1.29 bits per heavy atom. The minimum Gasteiger partial charge on any atom is -0.377 e. The largest absolute Gasteiger partial charge is 0.377 e. The molecule has 0 aromatic carbocycles. The molecule has 0 atom stereocenters. The third-order valence-corrected chi connectivity index (χ3v) is 5.71. The van der Waals surface area contributed by atoms with E-state index in [1.54, 1.807) is 0 Å². The zero-order valence-electron chi connectivity index (χ0n) is 17.2. The van der Waals surface area contributed by atoms with Crippen LogP contribution < -0.4 is 21.4 Å². The SMILES string of the molecule is CN1C=CC(c2cc3[nH]c2C=c2ccc([nH]2)=Cc2ccc([nH]2)C=c2ccc([nH]2)=C3)=CC1. The number of fused-ring (bicyclic) bond motifs is 8. The van der Waals surface area contributed by atoms with Crippen LogP contribution in [-0.4, -0.2) is 38.4 Å². The summed E-state index contributed by atoms with van der Waals surface area (Å²) in [4.78, 5) is 16.2. The average molecular weight is 406 g/mol. The maximum atomic E-state index is 3.60. The lowest BCUT2D eigenvalue weighted by atomic mass is 10.0. The van der Waals surface area contributed by atoms with E-state index < -0.39 is 0 Å². The number of hydrogen-bond donors (Lipinski definition) is 4.